The summed E-state index contributed by atoms with van der Waals surface area (Å²) in [4.78, 5) is 26.2. The summed E-state index contributed by atoms with van der Waals surface area (Å²) in [5, 5.41) is 33.3. The second kappa shape index (κ2) is 6.71. The molecule has 0 aromatic carbocycles. The molecule has 0 aromatic rings. The molecule has 1 spiro atoms. The topological polar surface area (TPSA) is 104 Å². The number of rotatable bonds is 0. The fourth-order valence-corrected chi connectivity index (χ4v) is 11.5. The fourth-order valence-electron chi connectivity index (χ4n) is 11.5. The molecule has 2 aliphatic heterocycles. The van der Waals surface area contributed by atoms with Gasteiger partial charge in [0, 0.05) is 23.7 Å². The average molecular weight is 489 g/mol. The van der Waals surface area contributed by atoms with Gasteiger partial charge >= 0.3 is 5.97 Å². The van der Waals surface area contributed by atoms with Gasteiger partial charge in [-0.1, -0.05) is 41.5 Å². The Bertz CT molecular complexity index is 996. The maximum Gasteiger partial charge on any atom is 0.315 e. The molecule has 7 aliphatic rings. The number of carbonyl (C=O) groups excluding carboxylic acids is 2. The summed E-state index contributed by atoms with van der Waals surface area (Å²) in [5.74, 6) is -1.92. The van der Waals surface area contributed by atoms with Crippen LogP contribution in [0.5, 0.6) is 0 Å². The van der Waals surface area contributed by atoms with E-state index in [0.29, 0.717) is 18.8 Å². The number of aliphatic hydroxyl groups is 3. The molecule has 3 N–H and O–H groups in total. The molecule has 196 valence electrons. The summed E-state index contributed by atoms with van der Waals surface area (Å²) >= 11 is 0. The summed E-state index contributed by atoms with van der Waals surface area (Å²) < 4.78 is 5.52. The van der Waals surface area contributed by atoms with E-state index in [-0.39, 0.29) is 57.1 Å². The second-order valence-electron chi connectivity index (χ2n) is 14.7. The number of hydrogen-bond acceptors (Lipinski definition) is 6. The molecule has 2 saturated heterocycles. The van der Waals surface area contributed by atoms with Crippen LogP contribution in [0.4, 0.5) is 0 Å². The van der Waals surface area contributed by atoms with Gasteiger partial charge in [-0.2, -0.15) is 0 Å². The second-order valence-corrected chi connectivity index (χ2v) is 14.7. The van der Waals surface area contributed by atoms with Crippen molar-refractivity contribution in [2.75, 3.05) is 0 Å². The Balaban J connectivity index is 1.43. The fraction of sp³-hybridized carbons (Fsp3) is 0.931. The summed E-state index contributed by atoms with van der Waals surface area (Å²) in [6.07, 6.45) is 4.56. The van der Waals surface area contributed by atoms with E-state index in [0.717, 1.165) is 38.5 Å². The van der Waals surface area contributed by atoms with Crippen LogP contribution in [0.2, 0.25) is 0 Å². The Kier molecular flexibility index (Phi) is 4.67. The van der Waals surface area contributed by atoms with Crippen molar-refractivity contribution in [3.63, 3.8) is 0 Å². The molecule has 7 rings (SSSR count). The van der Waals surface area contributed by atoms with Crippen molar-refractivity contribution in [1.29, 1.82) is 0 Å². The van der Waals surface area contributed by atoms with Crippen LogP contribution < -0.4 is 0 Å². The molecule has 5 aliphatic carbocycles. The highest BCUT2D eigenvalue weighted by molar-refractivity contribution is 5.86. The lowest BCUT2D eigenvalue weighted by Crippen LogP contribution is -2.76. The van der Waals surface area contributed by atoms with Crippen LogP contribution in [0.3, 0.4) is 0 Å². The molecule has 13 atom stereocenters. The molecule has 7 fully saturated rings. The SMILES string of the molecule is C[C@@H]1C[C@@H]2[C@@](C)(CC[C@]3(C)[C@H]4CC[C@@]56C(=O)O[C@](O)(C[C@H]5[C@]4(C)CC[C@@]23C)[C@@H](O)[C@@H]6C)[C@H](O)C1=O. The molecular formula is C29H44O6. The van der Waals surface area contributed by atoms with Gasteiger partial charge in [-0.25, -0.2) is 0 Å². The van der Waals surface area contributed by atoms with Crippen molar-refractivity contribution >= 4 is 11.8 Å². The first-order valence-electron chi connectivity index (χ1n) is 14.0. The highest BCUT2D eigenvalue weighted by Gasteiger charge is 2.78. The Labute approximate surface area is 209 Å². The zero-order chi connectivity index (χ0) is 25.6. The molecule has 0 aromatic heterocycles. The summed E-state index contributed by atoms with van der Waals surface area (Å²) in [7, 11) is 0. The molecule has 0 amide bonds. The van der Waals surface area contributed by atoms with Crippen molar-refractivity contribution in [1.82, 2.24) is 0 Å². The van der Waals surface area contributed by atoms with E-state index in [1.807, 2.05) is 13.8 Å². The van der Waals surface area contributed by atoms with Crippen molar-refractivity contribution in [3.05, 3.63) is 0 Å². The monoisotopic (exact) mass is 488 g/mol. The van der Waals surface area contributed by atoms with E-state index in [1.165, 1.54) is 0 Å². The summed E-state index contributed by atoms with van der Waals surface area (Å²) in [6, 6.07) is 0. The van der Waals surface area contributed by atoms with E-state index in [9.17, 15) is 24.9 Å². The minimum absolute atomic E-state index is 0.00809. The molecule has 2 heterocycles. The van der Waals surface area contributed by atoms with E-state index in [2.05, 4.69) is 27.7 Å². The molecule has 0 unspecified atom stereocenters. The number of Topliss-reactive ketones (excluding diaryl/α,β-unsaturated/α-hetero) is 1. The molecule has 6 nitrogen and oxygen atoms in total. The van der Waals surface area contributed by atoms with Gasteiger partial charge in [-0.05, 0) is 78.9 Å². The van der Waals surface area contributed by atoms with Gasteiger partial charge in [-0.3, -0.25) is 9.59 Å². The highest BCUT2D eigenvalue weighted by atomic mass is 16.7. The van der Waals surface area contributed by atoms with Gasteiger partial charge in [0.05, 0.1) is 5.41 Å². The number of ether oxygens (including phenoxy) is 1. The van der Waals surface area contributed by atoms with Crippen LogP contribution >= 0.6 is 0 Å². The highest BCUT2D eigenvalue weighted by Crippen LogP contribution is 2.79. The van der Waals surface area contributed by atoms with Gasteiger partial charge in [0.1, 0.15) is 12.2 Å². The molecular weight excluding hydrogens is 444 g/mol. The number of aliphatic hydroxyl groups excluding tert-OH is 2. The maximum atomic E-state index is 13.4. The molecule has 35 heavy (non-hydrogen) atoms. The van der Waals surface area contributed by atoms with E-state index >= 15 is 0 Å². The van der Waals surface area contributed by atoms with Crippen LogP contribution in [-0.2, 0) is 14.3 Å². The van der Waals surface area contributed by atoms with Crippen LogP contribution in [0.25, 0.3) is 0 Å². The first kappa shape index (κ1) is 24.4. The first-order valence-corrected chi connectivity index (χ1v) is 14.0. The number of esters is 1. The van der Waals surface area contributed by atoms with Crippen LogP contribution in [0, 0.1) is 56.7 Å². The normalized spacial score (nSPS) is 63.4. The lowest BCUT2D eigenvalue weighted by Gasteiger charge is -2.75. The zero-order valence-electron chi connectivity index (χ0n) is 22.3. The molecule has 5 saturated carbocycles. The number of hydrogen-bond donors (Lipinski definition) is 3. The van der Waals surface area contributed by atoms with Gasteiger partial charge in [0.15, 0.2) is 5.78 Å². The zero-order valence-corrected chi connectivity index (χ0v) is 22.3. The van der Waals surface area contributed by atoms with Crippen molar-refractivity contribution in [2.45, 2.75) is 111 Å². The number of fused-ring (bicyclic) bond motifs is 7. The maximum absolute atomic E-state index is 13.4. The van der Waals surface area contributed by atoms with E-state index in [4.69, 9.17) is 4.74 Å². The van der Waals surface area contributed by atoms with E-state index < -0.39 is 23.4 Å². The Morgan fingerprint density at radius 1 is 0.829 bits per heavy atom. The van der Waals surface area contributed by atoms with Gasteiger partial charge < -0.3 is 20.1 Å². The van der Waals surface area contributed by atoms with E-state index in [1.54, 1.807) is 0 Å². The predicted octanol–water partition coefficient (Wildman–Crippen LogP) is 3.84. The molecule has 6 heteroatoms. The number of carbonyl (C=O) groups is 2. The van der Waals surface area contributed by atoms with Gasteiger partial charge in [0.25, 0.3) is 0 Å². The minimum atomic E-state index is -1.79. The van der Waals surface area contributed by atoms with Gasteiger partial charge in [0.2, 0.25) is 5.79 Å². The lowest BCUT2D eigenvalue weighted by molar-refractivity contribution is -0.365. The average Bonchev–Trinajstić information content (AvgIpc) is 2.80. The molecule has 2 bridgehead atoms. The van der Waals surface area contributed by atoms with Gasteiger partial charge in [-0.15, -0.1) is 0 Å². The summed E-state index contributed by atoms with van der Waals surface area (Å²) in [6.45, 7) is 13.3. The predicted molar refractivity (Wildman–Crippen MR) is 129 cm³/mol. The van der Waals surface area contributed by atoms with Crippen LogP contribution in [0.1, 0.15) is 92.9 Å². The number of ketones is 1. The Morgan fingerprint density at radius 2 is 1.43 bits per heavy atom. The lowest BCUT2D eigenvalue weighted by atomic mass is 9.29. The Morgan fingerprint density at radius 3 is 2.09 bits per heavy atom. The largest absolute Gasteiger partial charge is 0.430 e. The smallest absolute Gasteiger partial charge is 0.315 e. The minimum Gasteiger partial charge on any atom is -0.430 e. The van der Waals surface area contributed by atoms with Crippen molar-refractivity contribution in [2.24, 2.45) is 56.7 Å². The summed E-state index contributed by atoms with van der Waals surface area (Å²) in [5.41, 5.74) is -1.26. The van der Waals surface area contributed by atoms with Crippen LogP contribution in [-0.4, -0.2) is 45.1 Å². The first-order chi connectivity index (χ1) is 16.1. The van der Waals surface area contributed by atoms with Crippen LogP contribution in [0.15, 0.2) is 0 Å². The Hall–Kier alpha value is -0.980. The standard InChI is InChI=1S/C29H44O6/c1-15-13-18-25(4,22(32)20(15)30)10-12-26(5)17-7-8-28-16(2)21(31)29(34,35-23(28)33)14-19(28)24(17,3)9-11-27(18,26)6/h15-19,21-22,31-32,34H,7-14H2,1-6H3/t15-,16+,17+,18-,19+,21+,22-,24-,25-,26-,27+,28+,29-/m1/s1. The van der Waals surface area contributed by atoms with Crippen molar-refractivity contribution < 1.29 is 29.6 Å². The van der Waals surface area contributed by atoms with Crippen molar-refractivity contribution in [3.8, 4) is 0 Å². The third-order valence-corrected chi connectivity index (χ3v) is 13.9. The quantitative estimate of drug-likeness (QED) is 0.448. The third-order valence-electron chi connectivity index (χ3n) is 13.9. The third kappa shape index (κ3) is 2.44. The molecule has 0 radical (unpaired) electrons.